The van der Waals surface area contributed by atoms with Gasteiger partial charge in [-0.3, -0.25) is 0 Å². The molecule has 126 valence electrons. The number of hydrogen-bond acceptors (Lipinski definition) is 5. The van der Waals surface area contributed by atoms with Gasteiger partial charge < -0.3 is 9.42 Å². The Kier molecular flexibility index (Phi) is 3.93. The minimum atomic E-state index is 0.623. The molecule has 0 spiro atoms. The first-order valence-corrected chi connectivity index (χ1v) is 8.30. The van der Waals surface area contributed by atoms with Crippen molar-refractivity contribution in [3.05, 3.63) is 66.1 Å². The number of aryl methyl sites for hydroxylation is 1. The molecule has 0 saturated heterocycles. The summed E-state index contributed by atoms with van der Waals surface area (Å²) in [7, 11) is 2.02. The molecule has 4 aromatic rings. The lowest BCUT2D eigenvalue weighted by atomic mass is 10.1. The van der Waals surface area contributed by atoms with Crippen molar-refractivity contribution >= 4 is 11.5 Å². The van der Waals surface area contributed by atoms with Gasteiger partial charge in [0.2, 0.25) is 0 Å². The standard InChI is InChI=1S/C19H19N5O/c1-3-15-12-19(24-18(21-15)9-10-20-24)23(2)13-16-11-17(25-22-16)14-7-5-4-6-8-14/h4-12H,3,13H2,1-2H3. The Hall–Kier alpha value is -3.15. The van der Waals surface area contributed by atoms with Gasteiger partial charge in [0, 0.05) is 36.5 Å². The molecule has 0 bridgehead atoms. The highest BCUT2D eigenvalue weighted by atomic mass is 16.5. The first kappa shape index (κ1) is 15.4. The molecule has 0 saturated carbocycles. The number of nitrogens with zero attached hydrogens (tertiary/aromatic N) is 5. The molecule has 6 heteroatoms. The van der Waals surface area contributed by atoms with Crippen molar-refractivity contribution in [2.75, 3.05) is 11.9 Å². The van der Waals surface area contributed by atoms with Crippen LogP contribution in [0.4, 0.5) is 5.82 Å². The third-order valence-corrected chi connectivity index (χ3v) is 4.16. The minimum absolute atomic E-state index is 0.623. The van der Waals surface area contributed by atoms with E-state index in [1.54, 1.807) is 6.20 Å². The van der Waals surface area contributed by atoms with Crippen molar-refractivity contribution in [2.45, 2.75) is 19.9 Å². The van der Waals surface area contributed by atoms with E-state index >= 15 is 0 Å². The van der Waals surface area contributed by atoms with E-state index in [-0.39, 0.29) is 0 Å². The second-order valence-electron chi connectivity index (χ2n) is 5.97. The molecule has 0 unspecified atom stereocenters. The summed E-state index contributed by atoms with van der Waals surface area (Å²) in [6.07, 6.45) is 2.65. The first-order valence-electron chi connectivity index (χ1n) is 8.30. The molecule has 0 atom stereocenters. The highest BCUT2D eigenvalue weighted by Crippen LogP contribution is 2.22. The molecule has 6 nitrogen and oxygen atoms in total. The molecule has 0 aliphatic heterocycles. The van der Waals surface area contributed by atoms with E-state index in [2.05, 4.69) is 33.1 Å². The Bertz CT molecular complexity index is 989. The second kappa shape index (κ2) is 6.39. The van der Waals surface area contributed by atoms with Gasteiger partial charge in [-0.15, -0.1) is 0 Å². The number of anilines is 1. The van der Waals surface area contributed by atoms with Crippen LogP contribution in [0.1, 0.15) is 18.3 Å². The Morgan fingerprint density at radius 3 is 2.72 bits per heavy atom. The zero-order valence-electron chi connectivity index (χ0n) is 14.3. The predicted molar refractivity (Wildman–Crippen MR) is 96.4 cm³/mol. The van der Waals surface area contributed by atoms with Gasteiger partial charge >= 0.3 is 0 Å². The molecular weight excluding hydrogens is 314 g/mol. The van der Waals surface area contributed by atoms with E-state index in [9.17, 15) is 0 Å². The fourth-order valence-electron chi connectivity index (χ4n) is 2.85. The van der Waals surface area contributed by atoms with E-state index in [0.29, 0.717) is 6.54 Å². The summed E-state index contributed by atoms with van der Waals surface area (Å²) in [5.41, 5.74) is 3.79. The predicted octanol–water partition coefficient (Wildman–Crippen LogP) is 3.58. The fraction of sp³-hybridized carbons (Fsp3) is 0.211. The second-order valence-corrected chi connectivity index (χ2v) is 5.97. The number of hydrogen-bond donors (Lipinski definition) is 0. The third-order valence-electron chi connectivity index (χ3n) is 4.16. The van der Waals surface area contributed by atoms with Gasteiger partial charge in [0.05, 0.1) is 12.7 Å². The SMILES string of the molecule is CCc1cc(N(C)Cc2cc(-c3ccccc3)on2)n2nccc2n1. The maximum atomic E-state index is 5.49. The van der Waals surface area contributed by atoms with Gasteiger partial charge in [0.1, 0.15) is 11.5 Å². The Morgan fingerprint density at radius 2 is 1.92 bits per heavy atom. The van der Waals surface area contributed by atoms with Crippen molar-refractivity contribution in [2.24, 2.45) is 0 Å². The van der Waals surface area contributed by atoms with Crippen molar-refractivity contribution in [3.8, 4) is 11.3 Å². The summed E-state index contributed by atoms with van der Waals surface area (Å²) in [5, 5.41) is 8.58. The highest BCUT2D eigenvalue weighted by molar-refractivity contribution is 5.57. The zero-order chi connectivity index (χ0) is 17.2. The quantitative estimate of drug-likeness (QED) is 0.559. The molecule has 0 aliphatic rings. The largest absolute Gasteiger partial charge is 0.356 e. The third kappa shape index (κ3) is 2.98. The van der Waals surface area contributed by atoms with Crippen molar-refractivity contribution in [1.29, 1.82) is 0 Å². The fourth-order valence-corrected chi connectivity index (χ4v) is 2.85. The lowest BCUT2D eigenvalue weighted by Gasteiger charge is -2.19. The molecule has 25 heavy (non-hydrogen) atoms. The van der Waals surface area contributed by atoms with Gasteiger partial charge in [-0.05, 0) is 6.42 Å². The van der Waals surface area contributed by atoms with Gasteiger partial charge in [-0.1, -0.05) is 42.4 Å². The van der Waals surface area contributed by atoms with Crippen molar-refractivity contribution in [3.63, 3.8) is 0 Å². The van der Waals surface area contributed by atoms with Crippen molar-refractivity contribution < 1.29 is 4.52 Å². The molecule has 3 heterocycles. The molecule has 0 fully saturated rings. The Balaban J connectivity index is 1.61. The van der Waals surface area contributed by atoms with E-state index in [1.807, 2.05) is 54.0 Å². The summed E-state index contributed by atoms with van der Waals surface area (Å²) >= 11 is 0. The zero-order valence-corrected chi connectivity index (χ0v) is 14.3. The number of rotatable bonds is 5. The van der Waals surface area contributed by atoms with Crippen LogP contribution in [-0.4, -0.2) is 26.8 Å². The number of fused-ring (bicyclic) bond motifs is 1. The summed E-state index contributed by atoms with van der Waals surface area (Å²) in [6, 6.07) is 15.9. The molecule has 0 aliphatic carbocycles. The lowest BCUT2D eigenvalue weighted by molar-refractivity contribution is 0.423. The minimum Gasteiger partial charge on any atom is -0.356 e. The maximum Gasteiger partial charge on any atom is 0.167 e. The summed E-state index contributed by atoms with van der Waals surface area (Å²) in [5.74, 6) is 1.76. The van der Waals surface area contributed by atoms with Gasteiger partial charge in [-0.25, -0.2) is 4.98 Å². The molecular formula is C19H19N5O. The van der Waals surface area contributed by atoms with Gasteiger partial charge in [-0.2, -0.15) is 9.61 Å². The summed E-state index contributed by atoms with van der Waals surface area (Å²) in [4.78, 5) is 6.69. The molecule has 0 amide bonds. The number of aromatic nitrogens is 4. The van der Waals surface area contributed by atoms with Crippen LogP contribution in [0.5, 0.6) is 0 Å². The first-order chi connectivity index (χ1) is 12.2. The average Bonchev–Trinajstić information content (AvgIpc) is 3.30. The van der Waals surface area contributed by atoms with E-state index in [0.717, 1.165) is 40.6 Å². The van der Waals surface area contributed by atoms with Crippen LogP contribution in [0, 0.1) is 0 Å². The number of benzene rings is 1. The Labute approximate surface area is 145 Å². The monoisotopic (exact) mass is 333 g/mol. The lowest BCUT2D eigenvalue weighted by Crippen LogP contribution is -2.20. The van der Waals surface area contributed by atoms with Crippen LogP contribution >= 0.6 is 0 Å². The highest BCUT2D eigenvalue weighted by Gasteiger charge is 2.13. The van der Waals surface area contributed by atoms with E-state index < -0.39 is 0 Å². The van der Waals surface area contributed by atoms with Crippen LogP contribution in [0.15, 0.2) is 59.3 Å². The smallest absolute Gasteiger partial charge is 0.167 e. The maximum absolute atomic E-state index is 5.49. The summed E-state index contributed by atoms with van der Waals surface area (Å²) < 4.78 is 7.34. The molecule has 0 radical (unpaired) electrons. The van der Waals surface area contributed by atoms with Crippen LogP contribution < -0.4 is 4.90 Å². The average molecular weight is 333 g/mol. The van der Waals surface area contributed by atoms with Crippen LogP contribution in [0.25, 0.3) is 17.0 Å². The molecule has 1 aromatic carbocycles. The van der Waals surface area contributed by atoms with E-state index in [1.165, 1.54) is 0 Å². The van der Waals surface area contributed by atoms with Crippen LogP contribution in [0.3, 0.4) is 0 Å². The van der Waals surface area contributed by atoms with Crippen LogP contribution in [-0.2, 0) is 13.0 Å². The van der Waals surface area contributed by atoms with E-state index in [4.69, 9.17) is 4.52 Å². The molecule has 4 rings (SSSR count). The molecule has 3 aromatic heterocycles. The van der Waals surface area contributed by atoms with Crippen molar-refractivity contribution in [1.82, 2.24) is 19.8 Å². The normalized spacial score (nSPS) is 11.1. The molecule has 0 N–H and O–H groups in total. The topological polar surface area (TPSA) is 59.5 Å². The van der Waals surface area contributed by atoms with Gasteiger partial charge in [0.25, 0.3) is 0 Å². The summed E-state index contributed by atoms with van der Waals surface area (Å²) in [6.45, 7) is 2.72. The van der Waals surface area contributed by atoms with Gasteiger partial charge in [0.15, 0.2) is 11.4 Å². The Morgan fingerprint density at radius 1 is 1.08 bits per heavy atom. The van der Waals surface area contributed by atoms with Crippen LogP contribution in [0.2, 0.25) is 0 Å².